The number of hydrogen-bond donors (Lipinski definition) is 0. The molecule has 2 unspecified atom stereocenters. The van der Waals surface area contributed by atoms with E-state index in [1.165, 1.54) is 17.7 Å². The van der Waals surface area contributed by atoms with Crippen LogP contribution in [0, 0.1) is 5.41 Å². The van der Waals surface area contributed by atoms with Crippen molar-refractivity contribution in [2.24, 2.45) is 5.41 Å². The Kier molecular flexibility index (Phi) is 7.19. The molecule has 0 bridgehead atoms. The van der Waals surface area contributed by atoms with Gasteiger partial charge in [0.15, 0.2) is 5.58 Å². The SMILES string of the molecule is COc1cc(OC)c2ccc(=O)oc2c1/C=C/C1(C)CCC(C)=CC1c1c(OC)cc(OC)c2ccc(=O)oc12. The molecule has 8 heteroatoms. The van der Waals surface area contributed by atoms with Gasteiger partial charge in [-0.2, -0.15) is 0 Å². The van der Waals surface area contributed by atoms with Gasteiger partial charge >= 0.3 is 11.3 Å². The van der Waals surface area contributed by atoms with Gasteiger partial charge in [0, 0.05) is 35.7 Å². The first kappa shape index (κ1) is 27.1. The molecule has 0 N–H and O–H groups in total. The van der Waals surface area contributed by atoms with Gasteiger partial charge in [0.05, 0.1) is 44.8 Å². The summed E-state index contributed by atoms with van der Waals surface area (Å²) in [4.78, 5) is 24.6. The zero-order valence-electron chi connectivity index (χ0n) is 23.5. The fourth-order valence-electron chi connectivity index (χ4n) is 5.58. The zero-order valence-corrected chi connectivity index (χ0v) is 23.5. The normalized spacial score (nSPS) is 19.1. The van der Waals surface area contributed by atoms with Crippen LogP contribution < -0.4 is 30.2 Å². The number of allylic oxidation sites excluding steroid dienone is 3. The third kappa shape index (κ3) is 4.63. The maximum atomic E-state index is 12.4. The zero-order chi connectivity index (χ0) is 28.6. The molecular formula is C32H32O8. The van der Waals surface area contributed by atoms with Crippen LogP contribution in [0.15, 0.2) is 72.5 Å². The van der Waals surface area contributed by atoms with E-state index < -0.39 is 16.7 Å². The molecule has 0 radical (unpaired) electrons. The predicted octanol–water partition coefficient (Wildman–Crippen LogP) is 6.48. The Hall–Kier alpha value is -4.46. The number of hydrogen-bond acceptors (Lipinski definition) is 8. The Morgan fingerprint density at radius 3 is 1.95 bits per heavy atom. The van der Waals surface area contributed by atoms with Crippen LogP contribution in [0.25, 0.3) is 28.0 Å². The Morgan fingerprint density at radius 1 is 0.800 bits per heavy atom. The molecule has 0 amide bonds. The minimum absolute atomic E-state index is 0.214. The Labute approximate surface area is 231 Å². The maximum Gasteiger partial charge on any atom is 0.336 e. The molecular weight excluding hydrogens is 512 g/mol. The number of rotatable bonds is 7. The van der Waals surface area contributed by atoms with Crippen LogP contribution in [0.4, 0.5) is 0 Å². The lowest BCUT2D eigenvalue weighted by atomic mass is 9.65. The molecule has 40 heavy (non-hydrogen) atoms. The van der Waals surface area contributed by atoms with Gasteiger partial charge in [-0.3, -0.25) is 0 Å². The molecule has 0 aliphatic heterocycles. The third-order valence-electron chi connectivity index (χ3n) is 7.78. The van der Waals surface area contributed by atoms with E-state index in [0.29, 0.717) is 50.5 Å². The van der Waals surface area contributed by atoms with Gasteiger partial charge in [-0.05, 0) is 37.3 Å². The molecule has 2 atom stereocenters. The Balaban J connectivity index is 1.75. The molecule has 1 aliphatic rings. The van der Waals surface area contributed by atoms with E-state index in [9.17, 15) is 9.59 Å². The second kappa shape index (κ2) is 10.6. The lowest BCUT2D eigenvalue weighted by Crippen LogP contribution is -2.26. The van der Waals surface area contributed by atoms with Gasteiger partial charge in [-0.25, -0.2) is 9.59 Å². The first-order chi connectivity index (χ1) is 19.2. The molecule has 0 fully saturated rings. The fraction of sp³-hybridized carbons (Fsp3) is 0.312. The molecule has 8 nitrogen and oxygen atoms in total. The molecule has 0 saturated carbocycles. The van der Waals surface area contributed by atoms with Crippen molar-refractivity contribution in [3.63, 3.8) is 0 Å². The van der Waals surface area contributed by atoms with Crippen molar-refractivity contribution in [3.8, 4) is 23.0 Å². The van der Waals surface area contributed by atoms with E-state index in [2.05, 4.69) is 26.0 Å². The van der Waals surface area contributed by atoms with Crippen molar-refractivity contribution in [3.05, 3.63) is 86.1 Å². The standard InChI is InChI=1S/C32H32O8/c1-18-11-13-32(2,14-12-21-24(36-4)16-23(35-3)19-7-9-27(33)39-30(19)21)22(15-18)29-26(38-6)17-25(37-5)20-8-10-28(34)40-31(20)29/h7-10,12,14-17,22H,11,13H2,1-6H3/b14-12+. The molecule has 1 aliphatic carbocycles. The minimum atomic E-state index is -0.470. The highest BCUT2D eigenvalue weighted by atomic mass is 16.5. The van der Waals surface area contributed by atoms with Crippen LogP contribution in [0.3, 0.4) is 0 Å². The summed E-state index contributed by atoms with van der Waals surface area (Å²) in [5.74, 6) is 1.95. The number of fused-ring (bicyclic) bond motifs is 2. The average Bonchev–Trinajstić information content (AvgIpc) is 2.96. The lowest BCUT2D eigenvalue weighted by molar-refractivity contribution is 0.320. The van der Waals surface area contributed by atoms with E-state index in [0.717, 1.165) is 18.4 Å². The second-order valence-electron chi connectivity index (χ2n) is 10.2. The highest BCUT2D eigenvalue weighted by Gasteiger charge is 2.38. The smallest absolute Gasteiger partial charge is 0.336 e. The van der Waals surface area contributed by atoms with Crippen LogP contribution in [-0.4, -0.2) is 28.4 Å². The Morgan fingerprint density at radius 2 is 1.35 bits per heavy atom. The van der Waals surface area contributed by atoms with E-state index >= 15 is 0 Å². The topological polar surface area (TPSA) is 97.3 Å². The van der Waals surface area contributed by atoms with Gasteiger partial charge in [0.1, 0.15) is 28.6 Å². The van der Waals surface area contributed by atoms with E-state index in [-0.39, 0.29) is 5.92 Å². The van der Waals surface area contributed by atoms with Crippen LogP contribution in [-0.2, 0) is 0 Å². The minimum Gasteiger partial charge on any atom is -0.496 e. The van der Waals surface area contributed by atoms with Crippen LogP contribution in [0.5, 0.6) is 23.0 Å². The van der Waals surface area contributed by atoms with Gasteiger partial charge in [0.25, 0.3) is 0 Å². The summed E-state index contributed by atoms with van der Waals surface area (Å²) >= 11 is 0. The van der Waals surface area contributed by atoms with Crippen molar-refractivity contribution < 1.29 is 27.8 Å². The molecule has 2 aromatic carbocycles. The van der Waals surface area contributed by atoms with E-state index in [1.807, 2.05) is 12.1 Å². The summed E-state index contributed by atoms with van der Waals surface area (Å²) in [5.41, 5.74) is 2.04. The van der Waals surface area contributed by atoms with Gasteiger partial charge < -0.3 is 27.8 Å². The lowest BCUT2D eigenvalue weighted by Gasteiger charge is -2.39. The van der Waals surface area contributed by atoms with Crippen molar-refractivity contribution in [2.45, 2.75) is 32.6 Å². The molecule has 2 heterocycles. The van der Waals surface area contributed by atoms with E-state index in [1.54, 1.807) is 46.6 Å². The van der Waals surface area contributed by atoms with Crippen molar-refractivity contribution in [1.82, 2.24) is 0 Å². The first-order valence-electron chi connectivity index (χ1n) is 13.0. The van der Waals surface area contributed by atoms with Crippen LogP contribution >= 0.6 is 0 Å². The third-order valence-corrected chi connectivity index (χ3v) is 7.78. The quantitative estimate of drug-likeness (QED) is 0.193. The van der Waals surface area contributed by atoms with Gasteiger partial charge in [-0.1, -0.05) is 30.7 Å². The summed E-state index contributed by atoms with van der Waals surface area (Å²) in [7, 11) is 6.28. The molecule has 0 spiro atoms. The van der Waals surface area contributed by atoms with Gasteiger partial charge in [-0.15, -0.1) is 0 Å². The molecule has 0 saturated heterocycles. The van der Waals surface area contributed by atoms with Crippen LogP contribution in [0.2, 0.25) is 0 Å². The second-order valence-corrected chi connectivity index (χ2v) is 10.2. The first-order valence-corrected chi connectivity index (χ1v) is 13.0. The van der Waals surface area contributed by atoms with Crippen molar-refractivity contribution in [1.29, 1.82) is 0 Å². The predicted molar refractivity (Wildman–Crippen MR) is 154 cm³/mol. The maximum absolute atomic E-state index is 12.4. The summed E-state index contributed by atoms with van der Waals surface area (Å²) in [6, 6.07) is 9.76. The Bertz CT molecular complexity index is 1770. The molecule has 5 rings (SSSR count). The molecule has 2 aromatic heterocycles. The van der Waals surface area contributed by atoms with Crippen molar-refractivity contribution >= 4 is 28.0 Å². The number of methoxy groups -OCH3 is 4. The number of ether oxygens (including phenoxy) is 4. The number of benzene rings is 2. The van der Waals surface area contributed by atoms with Crippen molar-refractivity contribution in [2.75, 3.05) is 28.4 Å². The highest BCUT2D eigenvalue weighted by molar-refractivity contribution is 5.93. The summed E-state index contributed by atoms with van der Waals surface area (Å²) < 4.78 is 34.1. The molecule has 208 valence electrons. The fourth-order valence-corrected chi connectivity index (χ4v) is 5.58. The van der Waals surface area contributed by atoms with E-state index in [4.69, 9.17) is 27.8 Å². The van der Waals surface area contributed by atoms with Crippen LogP contribution in [0.1, 0.15) is 43.7 Å². The highest BCUT2D eigenvalue weighted by Crippen LogP contribution is 2.52. The average molecular weight is 545 g/mol. The van der Waals surface area contributed by atoms with Gasteiger partial charge in [0.2, 0.25) is 0 Å². The summed E-state index contributed by atoms with van der Waals surface area (Å²) in [5, 5.41) is 1.35. The summed E-state index contributed by atoms with van der Waals surface area (Å²) in [6.07, 6.45) is 7.93. The monoisotopic (exact) mass is 544 g/mol. The summed E-state index contributed by atoms with van der Waals surface area (Å²) in [6.45, 7) is 4.25. The molecule has 4 aromatic rings. The largest absolute Gasteiger partial charge is 0.496 e.